The van der Waals surface area contributed by atoms with Gasteiger partial charge in [0.15, 0.2) is 4.34 Å². The number of benzene rings is 2. The van der Waals surface area contributed by atoms with Crippen LogP contribution in [-0.4, -0.2) is 24.4 Å². The average Bonchev–Trinajstić information content (AvgIpc) is 3.08. The van der Waals surface area contributed by atoms with E-state index in [1.165, 1.54) is 11.3 Å². The van der Waals surface area contributed by atoms with Gasteiger partial charge in [-0.1, -0.05) is 41.3 Å². The summed E-state index contributed by atoms with van der Waals surface area (Å²) in [7, 11) is 3.33. The lowest BCUT2D eigenvalue weighted by atomic mass is 10.2. The first-order valence-electron chi connectivity index (χ1n) is 7.28. The summed E-state index contributed by atoms with van der Waals surface area (Å²) in [6.45, 7) is 0. The van der Waals surface area contributed by atoms with E-state index in [1.807, 2.05) is 48.5 Å². The van der Waals surface area contributed by atoms with Gasteiger partial charge in [0.1, 0.15) is 11.5 Å². The van der Waals surface area contributed by atoms with E-state index < -0.39 is 0 Å². The predicted octanol–water partition coefficient (Wildman–Crippen LogP) is 4.59. The highest BCUT2D eigenvalue weighted by molar-refractivity contribution is 8.00. The van der Waals surface area contributed by atoms with Crippen molar-refractivity contribution in [2.24, 2.45) is 0 Å². The molecule has 2 aromatic carbocycles. The van der Waals surface area contributed by atoms with Crippen molar-refractivity contribution in [1.82, 2.24) is 10.2 Å². The van der Waals surface area contributed by atoms with Crippen LogP contribution in [0, 0.1) is 0 Å². The number of anilines is 2. The van der Waals surface area contributed by atoms with Crippen molar-refractivity contribution in [3.8, 4) is 11.5 Å². The third-order valence-electron chi connectivity index (χ3n) is 3.27. The maximum Gasteiger partial charge on any atom is 0.210 e. The number of aromatic nitrogens is 2. The van der Waals surface area contributed by atoms with Crippen LogP contribution in [0.15, 0.2) is 52.9 Å². The summed E-state index contributed by atoms with van der Waals surface area (Å²) in [6, 6.07) is 15.7. The number of nitrogens with zero attached hydrogens (tertiary/aromatic N) is 2. The molecule has 0 bridgehead atoms. The molecule has 7 heteroatoms. The van der Waals surface area contributed by atoms with Gasteiger partial charge in [-0.3, -0.25) is 0 Å². The zero-order chi connectivity index (χ0) is 16.8. The highest BCUT2D eigenvalue weighted by Gasteiger charge is 2.09. The van der Waals surface area contributed by atoms with E-state index in [9.17, 15) is 0 Å². The standard InChI is InChI=1S/C17H17N3O2S2/c1-21-14-8-9-15(22-2)12(10-14)11-23-17-20-19-16(24-17)18-13-6-4-3-5-7-13/h3-10H,11H2,1-2H3,(H,18,19). The molecule has 124 valence electrons. The van der Waals surface area contributed by atoms with Crippen LogP contribution in [-0.2, 0) is 5.75 Å². The molecule has 0 amide bonds. The van der Waals surface area contributed by atoms with E-state index >= 15 is 0 Å². The molecular weight excluding hydrogens is 342 g/mol. The fraction of sp³-hybridized carbons (Fsp3) is 0.176. The molecule has 1 aromatic heterocycles. The topological polar surface area (TPSA) is 56.3 Å². The summed E-state index contributed by atoms with van der Waals surface area (Å²) in [6.07, 6.45) is 0. The Balaban J connectivity index is 1.65. The first kappa shape index (κ1) is 16.6. The fourth-order valence-corrected chi connectivity index (χ4v) is 3.85. The van der Waals surface area contributed by atoms with E-state index in [1.54, 1.807) is 26.0 Å². The molecule has 3 rings (SSSR count). The third-order valence-corrected chi connectivity index (χ3v) is 5.29. The third kappa shape index (κ3) is 4.18. The summed E-state index contributed by atoms with van der Waals surface area (Å²) >= 11 is 3.15. The van der Waals surface area contributed by atoms with Crippen LogP contribution in [0.25, 0.3) is 0 Å². The SMILES string of the molecule is COc1ccc(OC)c(CSc2nnc(Nc3ccccc3)s2)c1. The van der Waals surface area contributed by atoms with Crippen LogP contribution in [0.1, 0.15) is 5.56 Å². The minimum absolute atomic E-state index is 0.736. The smallest absolute Gasteiger partial charge is 0.210 e. The van der Waals surface area contributed by atoms with Crippen molar-refractivity contribution in [3.05, 3.63) is 54.1 Å². The van der Waals surface area contributed by atoms with Crippen molar-refractivity contribution in [2.45, 2.75) is 10.1 Å². The van der Waals surface area contributed by atoms with Gasteiger partial charge in [-0.25, -0.2) is 0 Å². The van der Waals surface area contributed by atoms with Crippen molar-refractivity contribution >= 4 is 33.9 Å². The van der Waals surface area contributed by atoms with Gasteiger partial charge in [0.2, 0.25) is 5.13 Å². The highest BCUT2D eigenvalue weighted by Crippen LogP contribution is 2.33. The molecule has 0 atom stereocenters. The second-order valence-electron chi connectivity index (χ2n) is 4.83. The Morgan fingerprint density at radius 3 is 2.62 bits per heavy atom. The Kier molecular flexibility index (Phi) is 5.55. The molecule has 0 aliphatic carbocycles. The Hall–Kier alpha value is -2.25. The number of rotatable bonds is 7. The first-order valence-corrected chi connectivity index (χ1v) is 9.08. The maximum atomic E-state index is 5.40. The van der Waals surface area contributed by atoms with Crippen LogP contribution >= 0.6 is 23.1 Å². The van der Waals surface area contributed by atoms with Gasteiger partial charge >= 0.3 is 0 Å². The van der Waals surface area contributed by atoms with Crippen LogP contribution in [0.5, 0.6) is 11.5 Å². The molecule has 0 aliphatic rings. The van der Waals surface area contributed by atoms with Crippen molar-refractivity contribution < 1.29 is 9.47 Å². The number of methoxy groups -OCH3 is 2. The van der Waals surface area contributed by atoms with Crippen molar-refractivity contribution in [2.75, 3.05) is 19.5 Å². The molecule has 0 fully saturated rings. The number of ether oxygens (including phenoxy) is 2. The summed E-state index contributed by atoms with van der Waals surface area (Å²) in [4.78, 5) is 0. The number of hydrogen-bond donors (Lipinski definition) is 1. The summed E-state index contributed by atoms with van der Waals surface area (Å²) in [5.74, 6) is 2.39. The normalized spacial score (nSPS) is 10.4. The number of thioether (sulfide) groups is 1. The largest absolute Gasteiger partial charge is 0.497 e. The van der Waals surface area contributed by atoms with Gasteiger partial charge in [-0.15, -0.1) is 10.2 Å². The van der Waals surface area contributed by atoms with Crippen LogP contribution in [0.4, 0.5) is 10.8 Å². The molecule has 5 nitrogen and oxygen atoms in total. The molecule has 0 saturated heterocycles. The average molecular weight is 359 g/mol. The van der Waals surface area contributed by atoms with Crippen LogP contribution in [0.3, 0.4) is 0 Å². The van der Waals surface area contributed by atoms with E-state index in [2.05, 4.69) is 15.5 Å². The van der Waals surface area contributed by atoms with Crippen molar-refractivity contribution in [3.63, 3.8) is 0 Å². The zero-order valence-corrected chi connectivity index (χ0v) is 15.0. The van der Waals surface area contributed by atoms with E-state index in [0.717, 1.165) is 38.0 Å². The van der Waals surface area contributed by atoms with Crippen molar-refractivity contribution in [1.29, 1.82) is 0 Å². The monoisotopic (exact) mass is 359 g/mol. The lowest BCUT2D eigenvalue weighted by molar-refractivity contribution is 0.400. The molecule has 0 unspecified atom stereocenters. The molecule has 0 radical (unpaired) electrons. The fourth-order valence-electron chi connectivity index (χ4n) is 2.10. The Morgan fingerprint density at radius 1 is 1.04 bits per heavy atom. The van der Waals surface area contributed by atoms with E-state index in [-0.39, 0.29) is 0 Å². The Morgan fingerprint density at radius 2 is 1.88 bits per heavy atom. The number of para-hydroxylation sites is 1. The van der Waals surface area contributed by atoms with Gasteiger partial charge < -0.3 is 14.8 Å². The first-order chi connectivity index (χ1) is 11.8. The van der Waals surface area contributed by atoms with Gasteiger partial charge in [0.25, 0.3) is 0 Å². The highest BCUT2D eigenvalue weighted by atomic mass is 32.2. The zero-order valence-electron chi connectivity index (χ0n) is 13.4. The maximum absolute atomic E-state index is 5.40. The molecule has 1 heterocycles. The second kappa shape index (κ2) is 8.03. The molecule has 24 heavy (non-hydrogen) atoms. The molecular formula is C17H17N3O2S2. The van der Waals surface area contributed by atoms with Gasteiger partial charge in [0, 0.05) is 17.0 Å². The lowest BCUT2D eigenvalue weighted by Crippen LogP contribution is -1.92. The molecule has 1 N–H and O–H groups in total. The Bertz CT molecular complexity index is 794. The summed E-state index contributed by atoms with van der Waals surface area (Å²) in [5, 5.41) is 12.4. The van der Waals surface area contributed by atoms with Crippen LogP contribution in [0.2, 0.25) is 0 Å². The minimum Gasteiger partial charge on any atom is -0.497 e. The molecule has 0 saturated carbocycles. The van der Waals surface area contributed by atoms with Gasteiger partial charge in [-0.2, -0.15) is 0 Å². The number of hydrogen-bond acceptors (Lipinski definition) is 7. The van der Waals surface area contributed by atoms with Crippen LogP contribution < -0.4 is 14.8 Å². The Labute approximate surface area is 149 Å². The lowest BCUT2D eigenvalue weighted by Gasteiger charge is -2.09. The molecule has 0 spiro atoms. The molecule has 3 aromatic rings. The van der Waals surface area contributed by atoms with Gasteiger partial charge in [-0.05, 0) is 30.3 Å². The predicted molar refractivity (Wildman–Crippen MR) is 98.7 cm³/mol. The summed E-state index contributed by atoms with van der Waals surface area (Å²) < 4.78 is 11.6. The van der Waals surface area contributed by atoms with E-state index in [0.29, 0.717) is 0 Å². The number of nitrogens with one attached hydrogen (secondary N) is 1. The molecule has 0 aliphatic heterocycles. The summed E-state index contributed by atoms with van der Waals surface area (Å²) in [5.41, 5.74) is 2.06. The van der Waals surface area contributed by atoms with E-state index in [4.69, 9.17) is 9.47 Å². The second-order valence-corrected chi connectivity index (χ2v) is 7.03. The minimum atomic E-state index is 0.736. The van der Waals surface area contributed by atoms with Gasteiger partial charge in [0.05, 0.1) is 14.2 Å². The quantitative estimate of drug-likeness (QED) is 0.623.